The van der Waals surface area contributed by atoms with E-state index in [1.54, 1.807) is 19.1 Å². The standard InChI is InChI=1S/C10H14FNO.ClH/c1-7-2-3-8(6-9(7)11)10(12)4-5-13;/h2-3,6,10,13H,4-5,12H2,1H3;1H/t10-;/m0./s1. The maximum Gasteiger partial charge on any atom is 0.126 e. The van der Waals surface area contributed by atoms with Crippen LogP contribution < -0.4 is 5.73 Å². The molecule has 0 bridgehead atoms. The van der Waals surface area contributed by atoms with E-state index in [0.29, 0.717) is 12.0 Å². The SMILES string of the molecule is Cc1ccc([C@@H](N)CCO)cc1F.Cl. The van der Waals surface area contributed by atoms with E-state index in [1.165, 1.54) is 6.07 Å². The third kappa shape index (κ3) is 3.25. The Kier molecular flexibility index (Phi) is 5.69. The summed E-state index contributed by atoms with van der Waals surface area (Å²) in [5.74, 6) is -0.245. The Morgan fingerprint density at radius 1 is 1.50 bits per heavy atom. The molecule has 2 nitrogen and oxygen atoms in total. The molecular weight excluding hydrogens is 205 g/mol. The minimum atomic E-state index is -0.278. The second-order valence-electron chi connectivity index (χ2n) is 3.13. The number of hydrogen-bond donors (Lipinski definition) is 2. The number of aryl methyl sites for hydroxylation is 1. The summed E-state index contributed by atoms with van der Waals surface area (Å²) in [4.78, 5) is 0. The van der Waals surface area contributed by atoms with Crippen molar-refractivity contribution < 1.29 is 9.50 Å². The van der Waals surface area contributed by atoms with Gasteiger partial charge in [0.05, 0.1) is 0 Å². The van der Waals surface area contributed by atoms with Gasteiger partial charge in [0, 0.05) is 12.6 Å². The lowest BCUT2D eigenvalue weighted by Gasteiger charge is -2.10. The van der Waals surface area contributed by atoms with Crippen LogP contribution in [0.4, 0.5) is 4.39 Å². The van der Waals surface area contributed by atoms with Crippen molar-refractivity contribution in [3.8, 4) is 0 Å². The molecule has 0 aliphatic carbocycles. The zero-order valence-corrected chi connectivity index (χ0v) is 8.85. The Bertz CT molecular complexity index is 293. The van der Waals surface area contributed by atoms with Gasteiger partial charge in [0.25, 0.3) is 0 Å². The van der Waals surface area contributed by atoms with Crippen LogP contribution in [-0.2, 0) is 0 Å². The van der Waals surface area contributed by atoms with Gasteiger partial charge in [-0.05, 0) is 30.5 Å². The first-order chi connectivity index (χ1) is 6.15. The molecule has 0 aromatic heterocycles. The highest BCUT2D eigenvalue weighted by molar-refractivity contribution is 5.85. The number of aliphatic hydroxyl groups excluding tert-OH is 1. The van der Waals surface area contributed by atoms with Gasteiger partial charge in [0.2, 0.25) is 0 Å². The van der Waals surface area contributed by atoms with Crippen LogP contribution in [0.15, 0.2) is 18.2 Å². The van der Waals surface area contributed by atoms with Crippen molar-refractivity contribution in [1.29, 1.82) is 0 Å². The van der Waals surface area contributed by atoms with Gasteiger partial charge in [-0.2, -0.15) is 0 Å². The molecule has 0 heterocycles. The van der Waals surface area contributed by atoms with Crippen molar-refractivity contribution >= 4 is 12.4 Å². The monoisotopic (exact) mass is 219 g/mol. The second kappa shape index (κ2) is 5.96. The Hall–Kier alpha value is -0.640. The fraction of sp³-hybridized carbons (Fsp3) is 0.400. The van der Waals surface area contributed by atoms with E-state index in [4.69, 9.17) is 10.8 Å². The first kappa shape index (κ1) is 13.4. The summed E-state index contributed by atoms with van der Waals surface area (Å²) >= 11 is 0. The largest absolute Gasteiger partial charge is 0.396 e. The van der Waals surface area contributed by atoms with Crippen LogP contribution in [0.25, 0.3) is 0 Å². The zero-order valence-electron chi connectivity index (χ0n) is 8.03. The van der Waals surface area contributed by atoms with Gasteiger partial charge < -0.3 is 10.8 Å². The lowest BCUT2D eigenvalue weighted by Crippen LogP contribution is -2.12. The highest BCUT2D eigenvalue weighted by Gasteiger charge is 2.06. The van der Waals surface area contributed by atoms with Gasteiger partial charge in [0.15, 0.2) is 0 Å². The second-order valence-corrected chi connectivity index (χ2v) is 3.13. The normalized spacial score (nSPS) is 12.0. The topological polar surface area (TPSA) is 46.2 Å². The lowest BCUT2D eigenvalue weighted by atomic mass is 10.0. The summed E-state index contributed by atoms with van der Waals surface area (Å²) in [5, 5.41) is 8.65. The number of halogens is 2. The van der Waals surface area contributed by atoms with Gasteiger partial charge in [-0.15, -0.1) is 12.4 Å². The average Bonchev–Trinajstić information content (AvgIpc) is 2.10. The van der Waals surface area contributed by atoms with Crippen LogP contribution in [0.5, 0.6) is 0 Å². The summed E-state index contributed by atoms with van der Waals surface area (Å²) in [6.45, 7) is 1.73. The van der Waals surface area contributed by atoms with E-state index in [1.807, 2.05) is 0 Å². The summed E-state index contributed by atoms with van der Waals surface area (Å²) in [6.07, 6.45) is 0.461. The van der Waals surface area contributed by atoms with Crippen LogP contribution in [-0.4, -0.2) is 11.7 Å². The Labute approximate surface area is 89.3 Å². The number of hydrogen-bond acceptors (Lipinski definition) is 2. The van der Waals surface area contributed by atoms with Gasteiger partial charge in [-0.3, -0.25) is 0 Å². The number of rotatable bonds is 3. The predicted molar refractivity (Wildman–Crippen MR) is 57.0 cm³/mol. The Balaban J connectivity index is 0.00000169. The van der Waals surface area contributed by atoms with E-state index in [0.717, 1.165) is 5.56 Å². The molecule has 1 rings (SSSR count). The predicted octanol–water partition coefficient (Wildman–Crippen LogP) is 1.94. The average molecular weight is 220 g/mol. The minimum absolute atomic E-state index is 0. The summed E-state index contributed by atoms with van der Waals surface area (Å²) in [7, 11) is 0. The first-order valence-corrected chi connectivity index (χ1v) is 4.27. The molecule has 3 N–H and O–H groups in total. The van der Waals surface area contributed by atoms with Gasteiger partial charge in [0.1, 0.15) is 5.82 Å². The van der Waals surface area contributed by atoms with Crippen molar-refractivity contribution in [2.75, 3.05) is 6.61 Å². The summed E-state index contributed by atoms with van der Waals surface area (Å²) in [5.41, 5.74) is 7.04. The molecule has 4 heteroatoms. The maximum absolute atomic E-state index is 13.1. The van der Waals surface area contributed by atoms with Crippen LogP contribution >= 0.6 is 12.4 Å². The van der Waals surface area contributed by atoms with E-state index in [9.17, 15) is 4.39 Å². The molecule has 1 aromatic rings. The number of benzene rings is 1. The smallest absolute Gasteiger partial charge is 0.126 e. The summed E-state index contributed by atoms with van der Waals surface area (Å²) in [6, 6.07) is 4.64. The molecule has 0 unspecified atom stereocenters. The van der Waals surface area contributed by atoms with E-state index < -0.39 is 0 Å². The lowest BCUT2D eigenvalue weighted by molar-refractivity contribution is 0.276. The molecule has 0 saturated carbocycles. The minimum Gasteiger partial charge on any atom is -0.396 e. The van der Waals surface area contributed by atoms with E-state index >= 15 is 0 Å². The van der Waals surface area contributed by atoms with E-state index in [2.05, 4.69) is 0 Å². The van der Waals surface area contributed by atoms with Gasteiger partial charge >= 0.3 is 0 Å². The Morgan fingerprint density at radius 3 is 2.64 bits per heavy atom. The highest BCUT2D eigenvalue weighted by Crippen LogP contribution is 2.16. The zero-order chi connectivity index (χ0) is 9.84. The molecule has 0 amide bonds. The van der Waals surface area contributed by atoms with Crippen LogP contribution in [0.3, 0.4) is 0 Å². The van der Waals surface area contributed by atoms with Crippen LogP contribution in [0, 0.1) is 12.7 Å². The molecule has 0 fully saturated rings. The first-order valence-electron chi connectivity index (χ1n) is 4.27. The molecule has 1 aromatic carbocycles. The van der Waals surface area contributed by atoms with Gasteiger partial charge in [-0.25, -0.2) is 4.39 Å². The fourth-order valence-corrected chi connectivity index (χ4v) is 1.15. The molecule has 80 valence electrons. The third-order valence-corrected chi connectivity index (χ3v) is 2.06. The van der Waals surface area contributed by atoms with Crippen molar-refractivity contribution in [3.05, 3.63) is 35.1 Å². The fourth-order valence-electron chi connectivity index (χ4n) is 1.15. The molecular formula is C10H15ClFNO. The van der Waals surface area contributed by atoms with E-state index in [-0.39, 0.29) is 30.9 Å². The molecule has 0 saturated heterocycles. The van der Waals surface area contributed by atoms with Crippen LogP contribution in [0.1, 0.15) is 23.6 Å². The summed E-state index contributed by atoms with van der Waals surface area (Å²) < 4.78 is 13.1. The van der Waals surface area contributed by atoms with Crippen molar-refractivity contribution in [2.24, 2.45) is 5.73 Å². The molecule has 0 aliphatic rings. The highest BCUT2D eigenvalue weighted by atomic mass is 35.5. The molecule has 1 atom stereocenters. The van der Waals surface area contributed by atoms with Crippen molar-refractivity contribution in [1.82, 2.24) is 0 Å². The maximum atomic E-state index is 13.1. The molecule has 0 radical (unpaired) electrons. The van der Waals surface area contributed by atoms with Crippen LogP contribution in [0.2, 0.25) is 0 Å². The molecule has 0 aliphatic heterocycles. The quantitative estimate of drug-likeness (QED) is 0.816. The number of nitrogens with two attached hydrogens (primary N) is 1. The molecule has 14 heavy (non-hydrogen) atoms. The molecule has 0 spiro atoms. The Morgan fingerprint density at radius 2 is 2.14 bits per heavy atom. The number of aliphatic hydroxyl groups is 1. The van der Waals surface area contributed by atoms with Crippen molar-refractivity contribution in [3.63, 3.8) is 0 Å². The third-order valence-electron chi connectivity index (χ3n) is 2.06. The van der Waals surface area contributed by atoms with Crippen molar-refractivity contribution in [2.45, 2.75) is 19.4 Å². The van der Waals surface area contributed by atoms with Gasteiger partial charge in [-0.1, -0.05) is 12.1 Å².